The summed E-state index contributed by atoms with van der Waals surface area (Å²) in [6.45, 7) is 13.9. The van der Waals surface area contributed by atoms with Crippen LogP contribution in [0, 0.1) is 0 Å². The molecule has 7 heteroatoms. The number of benzene rings is 4. The van der Waals surface area contributed by atoms with Crippen LogP contribution in [0.25, 0.3) is 32.7 Å². The molecule has 0 aliphatic rings. The lowest BCUT2D eigenvalue weighted by atomic mass is 9.93. The third-order valence-corrected chi connectivity index (χ3v) is 11.9. The van der Waals surface area contributed by atoms with Gasteiger partial charge in [-0.3, -0.25) is 0 Å². The highest BCUT2D eigenvalue weighted by atomic mass is 35.7. The van der Waals surface area contributed by atoms with Gasteiger partial charge >= 0.3 is 0 Å². The smallest absolute Gasteiger partial charge is 0.261 e. The van der Waals surface area contributed by atoms with Crippen molar-refractivity contribution in [1.29, 1.82) is 0 Å². The quantitative estimate of drug-likeness (QED) is 0.215. The molecule has 178 valence electrons. The molecular formula is C27H31ClO3SSi2. The second kappa shape index (κ2) is 8.52. The maximum absolute atomic E-state index is 12.8. The number of fused-ring (bicyclic) bond motifs is 2. The standard InChI is InChI=1S/C27H31ClO3SSi2/c1-31-24-14-8-18-16-20(33(2,3)4)10-12-22(18)26(24)27-23-13-11-21(34(5,6)7)17-19(23)9-15-25(27)32(28,29)30/h8-17H,1-7H3. The van der Waals surface area contributed by atoms with Gasteiger partial charge in [0.05, 0.1) is 28.2 Å². The van der Waals surface area contributed by atoms with Crippen LogP contribution in [-0.4, -0.2) is 31.7 Å². The Morgan fingerprint density at radius 3 is 1.59 bits per heavy atom. The van der Waals surface area contributed by atoms with Crippen LogP contribution in [0.1, 0.15) is 0 Å². The number of rotatable bonds is 5. The molecule has 0 atom stereocenters. The van der Waals surface area contributed by atoms with E-state index < -0.39 is 25.2 Å². The van der Waals surface area contributed by atoms with Crippen LogP contribution in [0.3, 0.4) is 0 Å². The summed E-state index contributed by atoms with van der Waals surface area (Å²) < 4.78 is 31.3. The zero-order valence-corrected chi connectivity index (χ0v) is 24.4. The summed E-state index contributed by atoms with van der Waals surface area (Å²) in [5.74, 6) is 0.622. The summed E-state index contributed by atoms with van der Waals surface area (Å²) in [4.78, 5) is 0.0995. The first-order valence-corrected chi connectivity index (χ1v) is 20.7. The van der Waals surface area contributed by atoms with Crippen molar-refractivity contribution in [3.8, 4) is 16.9 Å². The third-order valence-electron chi connectivity index (χ3n) is 6.43. The molecule has 0 unspecified atom stereocenters. The Balaban J connectivity index is 2.17. The Bertz CT molecular complexity index is 1530. The van der Waals surface area contributed by atoms with Crippen LogP contribution >= 0.6 is 10.7 Å². The van der Waals surface area contributed by atoms with Crippen LogP contribution in [0.4, 0.5) is 0 Å². The van der Waals surface area contributed by atoms with Crippen LogP contribution < -0.4 is 15.1 Å². The van der Waals surface area contributed by atoms with E-state index in [1.807, 2.05) is 24.3 Å². The topological polar surface area (TPSA) is 43.4 Å². The molecule has 3 nitrogen and oxygen atoms in total. The number of hydrogen-bond acceptors (Lipinski definition) is 3. The van der Waals surface area contributed by atoms with E-state index in [0.717, 1.165) is 27.1 Å². The lowest BCUT2D eigenvalue weighted by Crippen LogP contribution is -2.37. The molecule has 0 saturated carbocycles. The molecule has 0 aromatic heterocycles. The van der Waals surface area contributed by atoms with Gasteiger partial charge in [0.25, 0.3) is 9.05 Å². The van der Waals surface area contributed by atoms with E-state index >= 15 is 0 Å². The van der Waals surface area contributed by atoms with Crippen molar-refractivity contribution >= 4 is 67.8 Å². The summed E-state index contributed by atoms with van der Waals surface area (Å²) in [5.41, 5.74) is 1.35. The van der Waals surface area contributed by atoms with Crippen LogP contribution in [0.15, 0.2) is 65.6 Å². The predicted molar refractivity (Wildman–Crippen MR) is 152 cm³/mol. The van der Waals surface area contributed by atoms with Crippen molar-refractivity contribution in [3.63, 3.8) is 0 Å². The molecule has 0 aliphatic carbocycles. The van der Waals surface area contributed by atoms with Gasteiger partial charge in [-0.05, 0) is 33.7 Å². The predicted octanol–water partition coefficient (Wildman–Crippen LogP) is 6.69. The van der Waals surface area contributed by atoms with E-state index in [9.17, 15) is 8.42 Å². The Morgan fingerprint density at radius 1 is 0.676 bits per heavy atom. The first-order valence-electron chi connectivity index (χ1n) is 11.4. The summed E-state index contributed by atoms with van der Waals surface area (Å²) >= 11 is 0. The van der Waals surface area contributed by atoms with Gasteiger partial charge in [-0.1, -0.05) is 98.2 Å². The molecule has 0 radical (unpaired) electrons. The van der Waals surface area contributed by atoms with Crippen molar-refractivity contribution in [1.82, 2.24) is 0 Å². The Labute approximate surface area is 209 Å². The molecule has 0 N–H and O–H groups in total. The van der Waals surface area contributed by atoms with Gasteiger partial charge in [-0.2, -0.15) is 0 Å². The summed E-state index contributed by atoms with van der Waals surface area (Å²) in [6, 6.07) is 20.3. The van der Waals surface area contributed by atoms with Crippen molar-refractivity contribution < 1.29 is 13.2 Å². The Morgan fingerprint density at radius 2 is 1.15 bits per heavy atom. The summed E-state index contributed by atoms with van der Waals surface area (Å²) in [5, 5.41) is 6.52. The van der Waals surface area contributed by atoms with Gasteiger partial charge in [0, 0.05) is 21.8 Å². The highest BCUT2D eigenvalue weighted by Gasteiger charge is 2.26. The monoisotopic (exact) mass is 526 g/mol. The van der Waals surface area contributed by atoms with Crippen LogP contribution in [0.2, 0.25) is 39.3 Å². The average molecular weight is 527 g/mol. The van der Waals surface area contributed by atoms with Gasteiger partial charge in [-0.25, -0.2) is 8.42 Å². The minimum Gasteiger partial charge on any atom is -0.496 e. The fourth-order valence-corrected chi connectivity index (χ4v) is 7.86. The van der Waals surface area contributed by atoms with Crippen molar-refractivity contribution in [2.45, 2.75) is 44.2 Å². The molecular weight excluding hydrogens is 496 g/mol. The van der Waals surface area contributed by atoms with E-state index in [-0.39, 0.29) is 4.90 Å². The molecule has 0 aliphatic heterocycles. The van der Waals surface area contributed by atoms with Crippen LogP contribution in [0.5, 0.6) is 5.75 Å². The van der Waals surface area contributed by atoms with E-state index in [2.05, 4.69) is 69.6 Å². The SMILES string of the molecule is COc1ccc2cc([Si](C)(C)C)ccc2c1-c1c(S(=O)(=O)Cl)ccc2cc([Si](C)(C)C)ccc12. The fourth-order valence-electron chi connectivity index (χ4n) is 4.44. The second-order valence-electron chi connectivity index (χ2n) is 10.9. The number of ether oxygens (including phenoxy) is 1. The minimum atomic E-state index is -4.00. The van der Waals surface area contributed by atoms with E-state index in [1.165, 1.54) is 10.4 Å². The number of halogens is 1. The van der Waals surface area contributed by atoms with Gasteiger partial charge in [0.2, 0.25) is 0 Å². The molecule has 4 aromatic carbocycles. The molecule has 4 rings (SSSR count). The number of hydrogen-bond donors (Lipinski definition) is 0. The molecule has 0 amide bonds. The van der Waals surface area contributed by atoms with Crippen molar-refractivity contribution in [3.05, 3.63) is 60.7 Å². The molecule has 0 bridgehead atoms. The maximum Gasteiger partial charge on any atom is 0.261 e. The van der Waals surface area contributed by atoms with Crippen LogP contribution in [-0.2, 0) is 9.05 Å². The molecule has 0 heterocycles. The van der Waals surface area contributed by atoms with Gasteiger partial charge in [-0.15, -0.1) is 0 Å². The minimum absolute atomic E-state index is 0.0995. The number of methoxy groups -OCH3 is 1. The first kappa shape index (κ1) is 25.0. The van der Waals surface area contributed by atoms with E-state index in [0.29, 0.717) is 11.3 Å². The zero-order valence-electron chi connectivity index (χ0n) is 20.8. The lowest BCUT2D eigenvalue weighted by Gasteiger charge is -2.21. The van der Waals surface area contributed by atoms with E-state index in [4.69, 9.17) is 15.4 Å². The van der Waals surface area contributed by atoms with Gasteiger partial charge in [0.15, 0.2) is 0 Å². The Hall–Kier alpha value is -2.13. The molecule has 0 spiro atoms. The fraction of sp³-hybridized carbons (Fsp3) is 0.259. The van der Waals surface area contributed by atoms with Crippen molar-refractivity contribution in [2.24, 2.45) is 0 Å². The lowest BCUT2D eigenvalue weighted by molar-refractivity contribution is 0.417. The normalized spacial score (nSPS) is 12.9. The van der Waals surface area contributed by atoms with Gasteiger partial charge in [0.1, 0.15) is 5.75 Å². The first-order chi connectivity index (χ1) is 15.7. The highest BCUT2D eigenvalue weighted by molar-refractivity contribution is 8.13. The van der Waals surface area contributed by atoms with Gasteiger partial charge < -0.3 is 4.74 Å². The average Bonchev–Trinajstić information content (AvgIpc) is 2.74. The molecule has 34 heavy (non-hydrogen) atoms. The largest absolute Gasteiger partial charge is 0.496 e. The van der Waals surface area contributed by atoms with Crippen molar-refractivity contribution in [2.75, 3.05) is 7.11 Å². The molecule has 0 saturated heterocycles. The maximum atomic E-state index is 12.8. The molecule has 0 fully saturated rings. The summed E-state index contributed by atoms with van der Waals surface area (Å²) in [6.07, 6.45) is 0. The summed E-state index contributed by atoms with van der Waals surface area (Å²) in [7, 11) is 0.534. The third kappa shape index (κ3) is 4.56. The zero-order chi connectivity index (χ0) is 25.1. The van der Waals surface area contributed by atoms with E-state index in [1.54, 1.807) is 13.2 Å². The Kier molecular flexibility index (Phi) is 6.26. The second-order valence-corrected chi connectivity index (χ2v) is 23.6. The highest BCUT2D eigenvalue weighted by Crippen LogP contribution is 2.44. The molecule has 4 aromatic rings.